The zero-order valence-corrected chi connectivity index (χ0v) is 12.4. The van der Waals surface area contributed by atoms with Crippen LogP contribution in [-0.4, -0.2) is 27.3 Å². The summed E-state index contributed by atoms with van der Waals surface area (Å²) in [7, 11) is 1.72. The molecule has 0 unspecified atom stereocenters. The van der Waals surface area contributed by atoms with E-state index in [-0.39, 0.29) is 11.9 Å². The number of para-hydroxylation sites is 1. The van der Waals surface area contributed by atoms with Crippen molar-refractivity contribution < 1.29 is 9.53 Å². The first-order chi connectivity index (χ1) is 10.1. The molecule has 0 saturated heterocycles. The van der Waals surface area contributed by atoms with Crippen molar-refractivity contribution in [3.63, 3.8) is 0 Å². The van der Waals surface area contributed by atoms with E-state index in [1.54, 1.807) is 14.0 Å². The summed E-state index contributed by atoms with van der Waals surface area (Å²) in [4.78, 5) is 16.5. The molecule has 6 heteroatoms. The number of amides is 1. The molecule has 1 aliphatic rings. The Morgan fingerprint density at radius 3 is 2.95 bits per heavy atom. The Kier molecular flexibility index (Phi) is 3.37. The van der Waals surface area contributed by atoms with E-state index in [1.807, 2.05) is 25.1 Å². The summed E-state index contributed by atoms with van der Waals surface area (Å²) < 4.78 is 7.22. The Labute approximate surface area is 123 Å². The van der Waals surface area contributed by atoms with Gasteiger partial charge < -0.3 is 10.1 Å². The third kappa shape index (κ3) is 2.49. The van der Waals surface area contributed by atoms with Crippen molar-refractivity contribution >= 4 is 5.91 Å². The summed E-state index contributed by atoms with van der Waals surface area (Å²) in [5.74, 6) is 1.58. The molecule has 6 nitrogen and oxygen atoms in total. The SMILES string of the molecule is Cc1nc(C(=O)N[C@@H]2CCOc3c(C)cccc32)n(C)n1. The number of carbonyl (C=O) groups is 1. The molecule has 21 heavy (non-hydrogen) atoms. The summed E-state index contributed by atoms with van der Waals surface area (Å²) in [6.07, 6.45) is 0.749. The van der Waals surface area contributed by atoms with E-state index < -0.39 is 0 Å². The first-order valence-corrected chi connectivity index (χ1v) is 6.97. The number of aromatic nitrogens is 3. The molecular weight excluding hydrogens is 268 g/mol. The van der Waals surface area contributed by atoms with E-state index in [0.717, 1.165) is 23.3 Å². The van der Waals surface area contributed by atoms with Crippen molar-refractivity contribution in [2.24, 2.45) is 7.05 Å². The zero-order valence-electron chi connectivity index (χ0n) is 12.4. The van der Waals surface area contributed by atoms with Gasteiger partial charge in [-0.25, -0.2) is 9.67 Å². The average Bonchev–Trinajstić information content (AvgIpc) is 2.79. The van der Waals surface area contributed by atoms with Crippen molar-refractivity contribution in [1.29, 1.82) is 0 Å². The molecule has 0 fully saturated rings. The number of nitrogens with zero attached hydrogens (tertiary/aromatic N) is 3. The van der Waals surface area contributed by atoms with Gasteiger partial charge in [-0.05, 0) is 19.4 Å². The smallest absolute Gasteiger partial charge is 0.289 e. The minimum Gasteiger partial charge on any atom is -0.493 e. The van der Waals surface area contributed by atoms with Gasteiger partial charge in [0.15, 0.2) is 0 Å². The van der Waals surface area contributed by atoms with Crippen molar-refractivity contribution in [2.75, 3.05) is 6.61 Å². The van der Waals surface area contributed by atoms with E-state index in [0.29, 0.717) is 18.3 Å². The van der Waals surface area contributed by atoms with Crippen LogP contribution in [0.15, 0.2) is 18.2 Å². The van der Waals surface area contributed by atoms with Gasteiger partial charge in [0.25, 0.3) is 5.91 Å². The summed E-state index contributed by atoms with van der Waals surface area (Å²) in [5.41, 5.74) is 2.11. The number of carbonyl (C=O) groups excluding carboxylic acids is 1. The molecule has 110 valence electrons. The molecule has 0 bridgehead atoms. The van der Waals surface area contributed by atoms with Gasteiger partial charge in [-0.3, -0.25) is 4.79 Å². The standard InChI is InChI=1S/C15H18N4O2/c1-9-5-4-6-11-12(7-8-21-13(9)11)17-15(20)14-16-10(2)18-19(14)3/h4-6,12H,7-8H2,1-3H3,(H,17,20)/t12-/m1/s1. The van der Waals surface area contributed by atoms with Gasteiger partial charge in [-0.2, -0.15) is 5.10 Å². The van der Waals surface area contributed by atoms with Gasteiger partial charge in [-0.1, -0.05) is 18.2 Å². The molecule has 1 aromatic carbocycles. The number of hydrogen-bond acceptors (Lipinski definition) is 4. The van der Waals surface area contributed by atoms with Crippen LogP contribution in [0.5, 0.6) is 5.75 Å². The van der Waals surface area contributed by atoms with Gasteiger partial charge in [0.05, 0.1) is 12.6 Å². The second kappa shape index (κ2) is 5.20. The maximum Gasteiger partial charge on any atom is 0.289 e. The largest absolute Gasteiger partial charge is 0.493 e. The number of aryl methyl sites for hydroxylation is 3. The minimum atomic E-state index is -0.211. The maximum atomic E-state index is 12.4. The maximum absolute atomic E-state index is 12.4. The van der Waals surface area contributed by atoms with Crippen LogP contribution in [0.3, 0.4) is 0 Å². The number of benzene rings is 1. The Morgan fingerprint density at radius 1 is 1.43 bits per heavy atom. The van der Waals surface area contributed by atoms with Crippen molar-refractivity contribution in [3.05, 3.63) is 41.0 Å². The molecular formula is C15H18N4O2. The molecule has 2 aromatic rings. The Morgan fingerprint density at radius 2 is 2.24 bits per heavy atom. The number of fused-ring (bicyclic) bond motifs is 1. The van der Waals surface area contributed by atoms with Gasteiger partial charge in [0.1, 0.15) is 11.6 Å². The van der Waals surface area contributed by atoms with Crippen LogP contribution in [-0.2, 0) is 7.05 Å². The number of ether oxygens (including phenoxy) is 1. The Hall–Kier alpha value is -2.37. The first kappa shape index (κ1) is 13.6. The van der Waals surface area contributed by atoms with Crippen LogP contribution in [0.2, 0.25) is 0 Å². The van der Waals surface area contributed by atoms with E-state index in [1.165, 1.54) is 4.68 Å². The second-order valence-electron chi connectivity index (χ2n) is 5.26. The summed E-state index contributed by atoms with van der Waals surface area (Å²) in [5, 5.41) is 7.13. The number of nitrogens with one attached hydrogen (secondary N) is 1. The van der Waals surface area contributed by atoms with E-state index in [9.17, 15) is 4.79 Å². The van der Waals surface area contributed by atoms with Crippen LogP contribution in [0, 0.1) is 13.8 Å². The molecule has 1 amide bonds. The highest BCUT2D eigenvalue weighted by Gasteiger charge is 2.25. The lowest BCUT2D eigenvalue weighted by atomic mass is 9.98. The van der Waals surface area contributed by atoms with Crippen molar-refractivity contribution in [3.8, 4) is 5.75 Å². The molecule has 1 aliphatic heterocycles. The molecule has 2 heterocycles. The minimum absolute atomic E-state index is 0.0573. The lowest BCUT2D eigenvalue weighted by Crippen LogP contribution is -2.33. The lowest BCUT2D eigenvalue weighted by molar-refractivity contribution is 0.0909. The van der Waals surface area contributed by atoms with Crippen molar-refractivity contribution in [1.82, 2.24) is 20.1 Å². The highest BCUT2D eigenvalue weighted by molar-refractivity contribution is 5.91. The lowest BCUT2D eigenvalue weighted by Gasteiger charge is -2.27. The summed E-state index contributed by atoms with van der Waals surface area (Å²) in [6, 6.07) is 5.93. The fourth-order valence-corrected chi connectivity index (χ4v) is 2.66. The second-order valence-corrected chi connectivity index (χ2v) is 5.26. The number of hydrogen-bond donors (Lipinski definition) is 1. The fraction of sp³-hybridized carbons (Fsp3) is 0.400. The molecule has 1 N–H and O–H groups in total. The van der Waals surface area contributed by atoms with Crippen molar-refractivity contribution in [2.45, 2.75) is 26.3 Å². The van der Waals surface area contributed by atoms with E-state index in [4.69, 9.17) is 4.74 Å². The highest BCUT2D eigenvalue weighted by atomic mass is 16.5. The molecule has 0 spiro atoms. The average molecular weight is 286 g/mol. The Balaban J connectivity index is 1.85. The van der Waals surface area contributed by atoms with Crippen LogP contribution in [0.1, 0.15) is 40.0 Å². The van der Waals surface area contributed by atoms with Gasteiger partial charge in [-0.15, -0.1) is 0 Å². The fourth-order valence-electron chi connectivity index (χ4n) is 2.66. The highest BCUT2D eigenvalue weighted by Crippen LogP contribution is 2.34. The van der Waals surface area contributed by atoms with E-state index >= 15 is 0 Å². The van der Waals surface area contributed by atoms with Gasteiger partial charge in [0.2, 0.25) is 5.82 Å². The molecule has 0 saturated carbocycles. The zero-order chi connectivity index (χ0) is 15.0. The molecule has 0 aliphatic carbocycles. The molecule has 1 aromatic heterocycles. The Bertz CT molecular complexity index is 693. The first-order valence-electron chi connectivity index (χ1n) is 6.97. The van der Waals surface area contributed by atoms with Crippen LogP contribution < -0.4 is 10.1 Å². The normalized spacial score (nSPS) is 17.0. The predicted molar refractivity (Wildman–Crippen MR) is 77.2 cm³/mol. The topological polar surface area (TPSA) is 69.0 Å². The monoisotopic (exact) mass is 286 g/mol. The quantitative estimate of drug-likeness (QED) is 0.912. The summed E-state index contributed by atoms with van der Waals surface area (Å²) >= 11 is 0. The van der Waals surface area contributed by atoms with Crippen LogP contribution in [0.4, 0.5) is 0 Å². The van der Waals surface area contributed by atoms with Crippen LogP contribution in [0.25, 0.3) is 0 Å². The predicted octanol–water partition coefficient (Wildman–Crippen LogP) is 1.69. The van der Waals surface area contributed by atoms with Crippen LogP contribution >= 0.6 is 0 Å². The molecule has 3 rings (SSSR count). The third-order valence-corrected chi connectivity index (χ3v) is 3.65. The van der Waals surface area contributed by atoms with Gasteiger partial charge in [0, 0.05) is 19.0 Å². The summed E-state index contributed by atoms with van der Waals surface area (Å²) in [6.45, 7) is 4.37. The van der Waals surface area contributed by atoms with E-state index in [2.05, 4.69) is 15.4 Å². The van der Waals surface area contributed by atoms with Gasteiger partial charge >= 0.3 is 0 Å². The molecule has 0 radical (unpaired) electrons. The molecule has 1 atom stereocenters. The number of rotatable bonds is 2. The third-order valence-electron chi connectivity index (χ3n) is 3.65.